The summed E-state index contributed by atoms with van der Waals surface area (Å²) in [5, 5.41) is 1.02. The van der Waals surface area contributed by atoms with Gasteiger partial charge in [0, 0.05) is 30.1 Å². The van der Waals surface area contributed by atoms with Gasteiger partial charge in [-0.05, 0) is 5.56 Å². The zero-order valence-corrected chi connectivity index (χ0v) is 13.5. The Kier molecular flexibility index (Phi) is 4.78. The molecule has 2 heterocycles. The first-order chi connectivity index (χ1) is 10.2. The molecule has 1 saturated heterocycles. The molecule has 2 unspecified atom stereocenters. The third kappa shape index (κ3) is 3.57. The molecule has 2 atom stereocenters. The molecule has 110 valence electrons. The van der Waals surface area contributed by atoms with Crippen molar-refractivity contribution in [1.82, 2.24) is 14.9 Å². The standard InChI is InChI=1S/C16H18ClN3S/c1-12-16(13-5-3-2-4-6-13)20(7-8-21-12)11-14-9-19-15(17)10-18-14/h2-6,9-10,12,16H,7-8,11H2,1H3. The van der Waals surface area contributed by atoms with Gasteiger partial charge in [-0.1, -0.05) is 48.9 Å². The summed E-state index contributed by atoms with van der Waals surface area (Å²) in [7, 11) is 0. The summed E-state index contributed by atoms with van der Waals surface area (Å²) in [6, 6.07) is 11.1. The average molecular weight is 320 g/mol. The van der Waals surface area contributed by atoms with Crippen LogP contribution in [0.4, 0.5) is 0 Å². The second-order valence-electron chi connectivity index (χ2n) is 5.23. The third-order valence-electron chi connectivity index (χ3n) is 3.78. The fourth-order valence-corrected chi connectivity index (χ4v) is 4.14. The number of rotatable bonds is 3. The summed E-state index contributed by atoms with van der Waals surface area (Å²) < 4.78 is 0. The van der Waals surface area contributed by atoms with Crippen molar-refractivity contribution in [2.24, 2.45) is 0 Å². The van der Waals surface area contributed by atoms with Crippen molar-refractivity contribution in [3.05, 3.63) is 59.1 Å². The Morgan fingerprint density at radius 1 is 1.24 bits per heavy atom. The molecule has 1 fully saturated rings. The molecule has 21 heavy (non-hydrogen) atoms. The molecule has 1 aliphatic rings. The van der Waals surface area contributed by atoms with Gasteiger partial charge in [0.05, 0.1) is 18.1 Å². The van der Waals surface area contributed by atoms with Gasteiger partial charge in [-0.25, -0.2) is 4.98 Å². The van der Waals surface area contributed by atoms with Crippen LogP contribution in [-0.4, -0.2) is 32.4 Å². The molecule has 0 saturated carbocycles. The number of hydrogen-bond donors (Lipinski definition) is 0. The van der Waals surface area contributed by atoms with Crippen LogP contribution in [0.3, 0.4) is 0 Å². The summed E-state index contributed by atoms with van der Waals surface area (Å²) in [5.74, 6) is 1.16. The Morgan fingerprint density at radius 2 is 2.05 bits per heavy atom. The first-order valence-corrected chi connectivity index (χ1v) is 8.54. The van der Waals surface area contributed by atoms with Crippen molar-refractivity contribution in [2.75, 3.05) is 12.3 Å². The number of thioether (sulfide) groups is 1. The molecule has 1 aromatic carbocycles. The summed E-state index contributed by atoms with van der Waals surface area (Å²) >= 11 is 7.85. The van der Waals surface area contributed by atoms with Crippen LogP contribution >= 0.6 is 23.4 Å². The minimum absolute atomic E-state index is 0.419. The summed E-state index contributed by atoms with van der Waals surface area (Å²) in [4.78, 5) is 11.0. The first kappa shape index (κ1) is 14.8. The van der Waals surface area contributed by atoms with Gasteiger partial charge < -0.3 is 0 Å². The monoisotopic (exact) mass is 319 g/mol. The van der Waals surface area contributed by atoms with Gasteiger partial charge in [0.15, 0.2) is 0 Å². The molecule has 5 heteroatoms. The van der Waals surface area contributed by atoms with Gasteiger partial charge >= 0.3 is 0 Å². The molecule has 3 rings (SSSR count). The molecule has 0 spiro atoms. The Labute approximate surface area is 134 Å². The molecular formula is C16H18ClN3S. The number of nitrogens with zero attached hydrogens (tertiary/aromatic N) is 3. The highest BCUT2D eigenvalue weighted by Crippen LogP contribution is 2.36. The van der Waals surface area contributed by atoms with Crippen LogP contribution in [0.25, 0.3) is 0 Å². The quantitative estimate of drug-likeness (QED) is 0.860. The highest BCUT2D eigenvalue weighted by Gasteiger charge is 2.30. The first-order valence-electron chi connectivity index (χ1n) is 7.11. The van der Waals surface area contributed by atoms with Crippen LogP contribution in [0.1, 0.15) is 24.2 Å². The minimum atomic E-state index is 0.419. The molecule has 1 aliphatic heterocycles. The van der Waals surface area contributed by atoms with Gasteiger partial charge in [0.1, 0.15) is 5.15 Å². The third-order valence-corrected chi connectivity index (χ3v) is 5.17. The number of hydrogen-bond acceptors (Lipinski definition) is 4. The van der Waals surface area contributed by atoms with E-state index in [1.54, 1.807) is 12.4 Å². The fraction of sp³-hybridized carbons (Fsp3) is 0.375. The Morgan fingerprint density at radius 3 is 2.76 bits per heavy atom. The molecule has 0 radical (unpaired) electrons. The lowest BCUT2D eigenvalue weighted by molar-refractivity contribution is 0.189. The van der Waals surface area contributed by atoms with E-state index in [1.807, 2.05) is 11.8 Å². The zero-order valence-electron chi connectivity index (χ0n) is 11.9. The van der Waals surface area contributed by atoms with Crippen molar-refractivity contribution in [1.29, 1.82) is 0 Å². The van der Waals surface area contributed by atoms with Gasteiger partial charge in [-0.15, -0.1) is 0 Å². The van der Waals surface area contributed by atoms with Gasteiger partial charge in [-0.3, -0.25) is 9.88 Å². The summed E-state index contributed by atoms with van der Waals surface area (Å²) in [6.45, 7) is 4.19. The molecular weight excluding hydrogens is 302 g/mol. The van der Waals surface area contributed by atoms with Crippen LogP contribution < -0.4 is 0 Å². The highest BCUT2D eigenvalue weighted by molar-refractivity contribution is 8.00. The fourth-order valence-electron chi connectivity index (χ4n) is 2.82. The molecule has 0 N–H and O–H groups in total. The lowest BCUT2D eigenvalue weighted by Crippen LogP contribution is -2.39. The molecule has 1 aromatic heterocycles. The number of aromatic nitrogens is 2. The second kappa shape index (κ2) is 6.77. The Hall–Kier alpha value is -1.10. The van der Waals surface area contributed by atoms with E-state index >= 15 is 0 Å². The lowest BCUT2D eigenvalue weighted by Gasteiger charge is -2.39. The maximum atomic E-state index is 5.81. The molecule has 0 bridgehead atoms. The van der Waals surface area contributed by atoms with Crippen molar-refractivity contribution < 1.29 is 0 Å². The van der Waals surface area contributed by atoms with E-state index in [1.165, 1.54) is 5.56 Å². The maximum absolute atomic E-state index is 5.81. The predicted molar refractivity (Wildman–Crippen MR) is 88.6 cm³/mol. The zero-order chi connectivity index (χ0) is 14.7. The smallest absolute Gasteiger partial charge is 0.147 e. The van der Waals surface area contributed by atoms with Crippen LogP contribution in [0, 0.1) is 0 Å². The van der Waals surface area contributed by atoms with E-state index in [4.69, 9.17) is 11.6 Å². The molecule has 3 nitrogen and oxygen atoms in total. The van der Waals surface area contributed by atoms with Crippen molar-refractivity contribution in [2.45, 2.75) is 24.8 Å². The Balaban J connectivity index is 1.82. The van der Waals surface area contributed by atoms with Crippen molar-refractivity contribution >= 4 is 23.4 Å². The van der Waals surface area contributed by atoms with Gasteiger partial charge in [0.25, 0.3) is 0 Å². The average Bonchev–Trinajstić information content (AvgIpc) is 2.51. The van der Waals surface area contributed by atoms with Crippen molar-refractivity contribution in [3.8, 4) is 0 Å². The van der Waals surface area contributed by atoms with Crippen LogP contribution in [0.5, 0.6) is 0 Å². The van der Waals surface area contributed by atoms with E-state index in [2.05, 4.69) is 52.1 Å². The van der Waals surface area contributed by atoms with E-state index in [0.29, 0.717) is 16.4 Å². The number of benzene rings is 1. The van der Waals surface area contributed by atoms with E-state index < -0.39 is 0 Å². The second-order valence-corrected chi connectivity index (χ2v) is 7.10. The minimum Gasteiger partial charge on any atom is -0.289 e. The van der Waals surface area contributed by atoms with Crippen LogP contribution in [-0.2, 0) is 6.54 Å². The maximum Gasteiger partial charge on any atom is 0.147 e. The van der Waals surface area contributed by atoms with E-state index in [0.717, 1.165) is 24.5 Å². The highest BCUT2D eigenvalue weighted by atomic mass is 35.5. The topological polar surface area (TPSA) is 29.0 Å². The van der Waals surface area contributed by atoms with Crippen LogP contribution in [0.2, 0.25) is 5.15 Å². The lowest BCUT2D eigenvalue weighted by atomic mass is 10.0. The summed E-state index contributed by atoms with van der Waals surface area (Å²) in [6.07, 6.45) is 3.40. The van der Waals surface area contributed by atoms with Crippen molar-refractivity contribution in [3.63, 3.8) is 0 Å². The molecule has 2 aromatic rings. The predicted octanol–water partition coefficient (Wildman–Crippen LogP) is 3.81. The van der Waals surface area contributed by atoms with E-state index in [9.17, 15) is 0 Å². The normalized spacial score (nSPS) is 23.1. The summed E-state index contributed by atoms with van der Waals surface area (Å²) in [5.41, 5.74) is 2.35. The SMILES string of the molecule is CC1SCCN(Cc2cnc(Cl)cn2)C1c1ccccc1. The van der Waals surface area contributed by atoms with Crippen LogP contribution in [0.15, 0.2) is 42.7 Å². The Bertz CT molecular complexity index is 576. The van der Waals surface area contributed by atoms with Gasteiger partial charge in [0.2, 0.25) is 0 Å². The largest absolute Gasteiger partial charge is 0.289 e. The van der Waals surface area contributed by atoms with Gasteiger partial charge in [-0.2, -0.15) is 11.8 Å². The molecule has 0 aliphatic carbocycles. The number of halogens is 1. The molecule has 0 amide bonds. The van der Waals surface area contributed by atoms with E-state index in [-0.39, 0.29) is 0 Å².